The topological polar surface area (TPSA) is 26.0 Å². The lowest BCUT2D eigenvalue weighted by molar-refractivity contribution is 0.509. The highest BCUT2D eigenvalue weighted by Gasteiger charge is 2.24. The molecule has 4 aromatic rings. The van der Waals surface area contributed by atoms with E-state index in [0.717, 1.165) is 46.2 Å². The third-order valence-electron chi connectivity index (χ3n) is 5.19. The van der Waals surface area contributed by atoms with Gasteiger partial charge in [-0.3, -0.25) is 0 Å². The zero-order valence-electron chi connectivity index (χ0n) is 14.5. The SMILES string of the molecule is CC1CCc2c(sc3nc(-c4ccc(F)cc4)cc(-c4ccco4)c23)C1. The largest absolute Gasteiger partial charge is 0.464 e. The van der Waals surface area contributed by atoms with E-state index < -0.39 is 0 Å². The molecule has 0 saturated carbocycles. The number of fused-ring (bicyclic) bond motifs is 3. The minimum Gasteiger partial charge on any atom is -0.464 e. The molecular formula is C22H18FNOS. The monoisotopic (exact) mass is 363 g/mol. The van der Waals surface area contributed by atoms with Gasteiger partial charge in [-0.1, -0.05) is 6.92 Å². The van der Waals surface area contributed by atoms with E-state index in [2.05, 4.69) is 13.0 Å². The predicted molar refractivity (Wildman–Crippen MR) is 104 cm³/mol. The number of thiophene rings is 1. The number of aryl methyl sites for hydroxylation is 1. The first-order chi connectivity index (χ1) is 12.7. The summed E-state index contributed by atoms with van der Waals surface area (Å²) >= 11 is 1.80. The molecule has 0 radical (unpaired) electrons. The van der Waals surface area contributed by atoms with Gasteiger partial charge in [-0.25, -0.2) is 9.37 Å². The molecule has 1 aliphatic rings. The van der Waals surface area contributed by atoms with E-state index in [-0.39, 0.29) is 5.82 Å². The summed E-state index contributed by atoms with van der Waals surface area (Å²) in [5.41, 5.74) is 4.30. The Bertz CT molecular complexity index is 1080. The van der Waals surface area contributed by atoms with Crippen molar-refractivity contribution in [3.8, 4) is 22.6 Å². The lowest BCUT2D eigenvalue weighted by Gasteiger charge is -2.18. The smallest absolute Gasteiger partial charge is 0.134 e. The van der Waals surface area contributed by atoms with Crippen LogP contribution in [0.25, 0.3) is 32.8 Å². The van der Waals surface area contributed by atoms with Crippen LogP contribution in [-0.2, 0) is 12.8 Å². The highest BCUT2D eigenvalue weighted by Crippen LogP contribution is 2.43. The van der Waals surface area contributed by atoms with Crippen molar-refractivity contribution in [3.05, 3.63) is 65.0 Å². The fraction of sp³-hybridized carbons (Fsp3) is 0.227. The van der Waals surface area contributed by atoms with Crippen molar-refractivity contribution in [2.45, 2.75) is 26.2 Å². The van der Waals surface area contributed by atoms with Gasteiger partial charge in [0.25, 0.3) is 0 Å². The van der Waals surface area contributed by atoms with E-state index in [9.17, 15) is 4.39 Å². The van der Waals surface area contributed by atoms with Crippen LogP contribution in [0.1, 0.15) is 23.8 Å². The third-order valence-corrected chi connectivity index (χ3v) is 6.34. The Morgan fingerprint density at radius 3 is 2.81 bits per heavy atom. The summed E-state index contributed by atoms with van der Waals surface area (Å²) in [4.78, 5) is 7.44. The molecule has 1 unspecified atom stereocenters. The Kier molecular flexibility index (Phi) is 3.68. The van der Waals surface area contributed by atoms with Gasteiger partial charge in [-0.2, -0.15) is 0 Å². The summed E-state index contributed by atoms with van der Waals surface area (Å²) < 4.78 is 19.1. The maximum atomic E-state index is 13.3. The molecular weight excluding hydrogens is 345 g/mol. The van der Waals surface area contributed by atoms with Gasteiger partial charge in [0, 0.05) is 21.4 Å². The second-order valence-electron chi connectivity index (χ2n) is 7.07. The summed E-state index contributed by atoms with van der Waals surface area (Å²) in [5, 5.41) is 1.23. The van der Waals surface area contributed by atoms with Crippen LogP contribution in [0.4, 0.5) is 4.39 Å². The predicted octanol–water partition coefficient (Wildman–Crippen LogP) is 6.49. The van der Waals surface area contributed by atoms with Crippen molar-refractivity contribution in [2.75, 3.05) is 0 Å². The number of hydrogen-bond acceptors (Lipinski definition) is 3. The molecule has 4 heteroatoms. The zero-order chi connectivity index (χ0) is 17.7. The molecule has 1 aliphatic carbocycles. The summed E-state index contributed by atoms with van der Waals surface area (Å²) in [6.45, 7) is 2.32. The van der Waals surface area contributed by atoms with Crippen LogP contribution in [0.3, 0.4) is 0 Å². The first-order valence-corrected chi connectivity index (χ1v) is 9.76. The number of rotatable bonds is 2. The van der Waals surface area contributed by atoms with Crippen LogP contribution in [0.5, 0.6) is 0 Å². The number of furan rings is 1. The van der Waals surface area contributed by atoms with Crippen LogP contribution in [0.15, 0.2) is 53.1 Å². The van der Waals surface area contributed by atoms with Crippen molar-refractivity contribution < 1.29 is 8.81 Å². The third kappa shape index (κ3) is 2.56. The highest BCUT2D eigenvalue weighted by molar-refractivity contribution is 7.19. The van der Waals surface area contributed by atoms with Gasteiger partial charge in [0.05, 0.1) is 12.0 Å². The molecule has 0 saturated heterocycles. The lowest BCUT2D eigenvalue weighted by atomic mass is 9.88. The number of aromatic nitrogens is 1. The molecule has 1 aromatic carbocycles. The molecule has 0 aliphatic heterocycles. The Morgan fingerprint density at radius 2 is 2.04 bits per heavy atom. The Morgan fingerprint density at radius 1 is 1.19 bits per heavy atom. The quantitative estimate of drug-likeness (QED) is 0.407. The van der Waals surface area contributed by atoms with Gasteiger partial charge >= 0.3 is 0 Å². The van der Waals surface area contributed by atoms with Crippen molar-refractivity contribution in [3.63, 3.8) is 0 Å². The standard InChI is InChI=1S/C22H18FNOS/c1-13-4-9-16-20(11-13)26-22-21(16)17(19-3-2-10-25-19)12-18(24-22)14-5-7-15(23)8-6-14/h2-3,5-8,10,12-13H,4,9,11H2,1H3. The fourth-order valence-electron chi connectivity index (χ4n) is 3.84. The molecule has 5 rings (SSSR count). The first-order valence-electron chi connectivity index (χ1n) is 8.94. The Balaban J connectivity index is 1.78. The number of pyridine rings is 1. The Hall–Kier alpha value is -2.46. The Labute approximate surface area is 155 Å². The van der Waals surface area contributed by atoms with Crippen molar-refractivity contribution in [2.24, 2.45) is 5.92 Å². The van der Waals surface area contributed by atoms with Gasteiger partial charge < -0.3 is 4.42 Å². The molecule has 3 heterocycles. The zero-order valence-corrected chi connectivity index (χ0v) is 15.3. The fourth-order valence-corrected chi connectivity index (χ4v) is 5.25. The molecule has 0 N–H and O–H groups in total. The number of nitrogens with zero attached hydrogens (tertiary/aromatic N) is 1. The molecule has 1 atom stereocenters. The van der Waals surface area contributed by atoms with Crippen molar-refractivity contribution in [1.82, 2.24) is 4.98 Å². The maximum absolute atomic E-state index is 13.3. The van der Waals surface area contributed by atoms with Gasteiger partial charge in [-0.15, -0.1) is 11.3 Å². The van der Waals surface area contributed by atoms with Crippen LogP contribution >= 0.6 is 11.3 Å². The second kappa shape index (κ2) is 6.06. The van der Waals surface area contributed by atoms with Gasteiger partial charge in [0.2, 0.25) is 0 Å². The molecule has 26 heavy (non-hydrogen) atoms. The van der Waals surface area contributed by atoms with E-state index in [4.69, 9.17) is 9.40 Å². The van der Waals surface area contributed by atoms with Crippen molar-refractivity contribution in [1.29, 1.82) is 0 Å². The average Bonchev–Trinajstić information content (AvgIpc) is 3.28. The maximum Gasteiger partial charge on any atom is 0.134 e. The second-order valence-corrected chi connectivity index (χ2v) is 8.15. The number of halogens is 1. The first kappa shape index (κ1) is 15.8. The molecule has 0 amide bonds. The van der Waals surface area contributed by atoms with Gasteiger partial charge in [0.1, 0.15) is 16.4 Å². The average molecular weight is 363 g/mol. The van der Waals surface area contributed by atoms with Crippen LogP contribution in [0, 0.1) is 11.7 Å². The summed E-state index contributed by atoms with van der Waals surface area (Å²) in [7, 11) is 0. The van der Waals surface area contributed by atoms with Gasteiger partial charge in [0.15, 0.2) is 0 Å². The highest BCUT2D eigenvalue weighted by atomic mass is 32.1. The molecule has 0 spiro atoms. The molecule has 0 fully saturated rings. The molecule has 130 valence electrons. The summed E-state index contributed by atoms with van der Waals surface area (Å²) in [6, 6.07) is 12.5. The number of hydrogen-bond donors (Lipinski definition) is 0. The van der Waals surface area contributed by atoms with Crippen molar-refractivity contribution >= 4 is 21.6 Å². The minimum absolute atomic E-state index is 0.235. The molecule has 2 nitrogen and oxygen atoms in total. The van der Waals surface area contributed by atoms with Crippen LogP contribution in [0.2, 0.25) is 0 Å². The van der Waals surface area contributed by atoms with Crippen LogP contribution < -0.4 is 0 Å². The van der Waals surface area contributed by atoms with E-state index in [1.54, 1.807) is 29.7 Å². The van der Waals surface area contributed by atoms with E-state index >= 15 is 0 Å². The number of benzene rings is 1. The van der Waals surface area contributed by atoms with E-state index in [1.165, 1.54) is 34.4 Å². The lowest BCUT2D eigenvalue weighted by Crippen LogP contribution is -2.08. The molecule has 3 aromatic heterocycles. The minimum atomic E-state index is -0.235. The summed E-state index contributed by atoms with van der Waals surface area (Å²) in [6.07, 6.45) is 5.15. The normalized spacial score (nSPS) is 16.8. The van der Waals surface area contributed by atoms with E-state index in [0.29, 0.717) is 0 Å². The summed E-state index contributed by atoms with van der Waals surface area (Å²) in [5.74, 6) is 1.35. The van der Waals surface area contributed by atoms with Gasteiger partial charge in [-0.05, 0) is 73.2 Å². The van der Waals surface area contributed by atoms with E-state index in [1.807, 2.05) is 12.1 Å². The molecule has 0 bridgehead atoms. The van der Waals surface area contributed by atoms with Crippen LogP contribution in [-0.4, -0.2) is 4.98 Å².